The summed E-state index contributed by atoms with van der Waals surface area (Å²) in [7, 11) is 0. The van der Waals surface area contributed by atoms with Crippen molar-refractivity contribution < 1.29 is 9.59 Å². The van der Waals surface area contributed by atoms with Gasteiger partial charge in [-0.2, -0.15) is 0 Å². The Kier molecular flexibility index (Phi) is 6.35. The highest BCUT2D eigenvalue weighted by Crippen LogP contribution is 2.39. The third-order valence-corrected chi connectivity index (χ3v) is 6.37. The first-order chi connectivity index (χ1) is 15.5. The van der Waals surface area contributed by atoms with Gasteiger partial charge >= 0.3 is 0 Å². The van der Waals surface area contributed by atoms with Crippen molar-refractivity contribution in [3.63, 3.8) is 0 Å². The van der Waals surface area contributed by atoms with Gasteiger partial charge in [-0.1, -0.05) is 66.7 Å². The van der Waals surface area contributed by atoms with Crippen molar-refractivity contribution in [3.05, 3.63) is 101 Å². The van der Waals surface area contributed by atoms with Gasteiger partial charge in [0.15, 0.2) is 0 Å². The molecule has 0 unspecified atom stereocenters. The third kappa shape index (κ3) is 4.28. The van der Waals surface area contributed by atoms with E-state index in [2.05, 4.69) is 10.3 Å². The lowest BCUT2D eigenvalue weighted by Gasteiger charge is -2.36. The lowest BCUT2D eigenvalue weighted by atomic mass is 9.75. The smallest absolute Gasteiger partial charge is 0.237 e. The molecule has 0 bridgehead atoms. The zero-order chi connectivity index (χ0) is 22.6. The number of aromatic nitrogens is 1. The van der Waals surface area contributed by atoms with Gasteiger partial charge in [-0.25, -0.2) is 0 Å². The van der Waals surface area contributed by atoms with Crippen LogP contribution < -0.4 is 5.32 Å². The molecule has 5 heteroatoms. The normalized spacial score (nSPS) is 16.1. The van der Waals surface area contributed by atoms with Crippen LogP contribution in [0.5, 0.6) is 0 Å². The monoisotopic (exact) mass is 427 g/mol. The Morgan fingerprint density at radius 3 is 2.16 bits per heavy atom. The number of pyridine rings is 1. The second-order valence-electron chi connectivity index (χ2n) is 8.51. The first-order valence-corrected chi connectivity index (χ1v) is 11.1. The number of benzene rings is 2. The molecule has 1 atom stereocenters. The van der Waals surface area contributed by atoms with Crippen LogP contribution in [0.4, 0.5) is 0 Å². The van der Waals surface area contributed by atoms with E-state index in [1.165, 1.54) is 6.92 Å². The van der Waals surface area contributed by atoms with Gasteiger partial charge in [0.25, 0.3) is 0 Å². The van der Waals surface area contributed by atoms with Crippen LogP contribution in [-0.2, 0) is 21.5 Å². The Morgan fingerprint density at radius 1 is 1.00 bits per heavy atom. The van der Waals surface area contributed by atoms with Gasteiger partial charge in [0.2, 0.25) is 11.8 Å². The SMILES string of the molecule is CC(=O)NCc1ccc([C@H]2CCCN2C(=O)C(C)(c2ccccc2)c2ccccc2)nc1. The Morgan fingerprint density at radius 2 is 1.62 bits per heavy atom. The first-order valence-electron chi connectivity index (χ1n) is 11.1. The maximum absolute atomic E-state index is 14.1. The van der Waals surface area contributed by atoms with E-state index in [-0.39, 0.29) is 17.9 Å². The predicted molar refractivity (Wildman–Crippen MR) is 125 cm³/mol. The molecule has 2 heterocycles. The van der Waals surface area contributed by atoms with E-state index >= 15 is 0 Å². The largest absolute Gasteiger partial charge is 0.352 e. The lowest BCUT2D eigenvalue weighted by molar-refractivity contribution is -0.136. The van der Waals surface area contributed by atoms with Crippen LogP contribution in [0, 0.1) is 0 Å². The van der Waals surface area contributed by atoms with Crippen molar-refractivity contribution in [2.45, 2.75) is 44.7 Å². The van der Waals surface area contributed by atoms with Crippen molar-refractivity contribution in [1.29, 1.82) is 0 Å². The molecule has 0 spiro atoms. The molecule has 0 radical (unpaired) electrons. The van der Waals surface area contributed by atoms with Gasteiger partial charge in [-0.3, -0.25) is 14.6 Å². The van der Waals surface area contributed by atoms with Crippen LogP contribution in [0.1, 0.15) is 55.1 Å². The zero-order valence-electron chi connectivity index (χ0n) is 18.6. The highest BCUT2D eigenvalue weighted by Gasteiger charge is 2.43. The molecular formula is C27H29N3O2. The van der Waals surface area contributed by atoms with Crippen LogP contribution in [0.15, 0.2) is 79.0 Å². The molecule has 4 rings (SSSR count). The maximum atomic E-state index is 14.1. The van der Waals surface area contributed by atoms with Crippen LogP contribution in [0.3, 0.4) is 0 Å². The summed E-state index contributed by atoms with van der Waals surface area (Å²) in [4.78, 5) is 32.0. The Balaban J connectivity index is 1.65. The number of hydrogen-bond donors (Lipinski definition) is 1. The van der Waals surface area contributed by atoms with Gasteiger partial charge in [0.05, 0.1) is 17.2 Å². The summed E-state index contributed by atoms with van der Waals surface area (Å²) >= 11 is 0. The van der Waals surface area contributed by atoms with Gasteiger partial charge < -0.3 is 10.2 Å². The third-order valence-electron chi connectivity index (χ3n) is 6.37. The number of likely N-dealkylation sites (tertiary alicyclic amines) is 1. The van der Waals surface area contributed by atoms with Gasteiger partial charge in [-0.05, 0) is 42.5 Å². The van der Waals surface area contributed by atoms with E-state index < -0.39 is 5.41 Å². The molecule has 1 aromatic heterocycles. The second kappa shape index (κ2) is 9.35. The van der Waals surface area contributed by atoms with Crippen LogP contribution in [-0.4, -0.2) is 28.2 Å². The van der Waals surface area contributed by atoms with E-state index in [0.717, 1.165) is 35.2 Å². The molecule has 0 aliphatic carbocycles. The first kappa shape index (κ1) is 21.8. The number of nitrogens with zero attached hydrogens (tertiary/aromatic N) is 2. The number of carbonyl (C=O) groups is 2. The van der Waals surface area contributed by atoms with Crippen molar-refractivity contribution in [3.8, 4) is 0 Å². The van der Waals surface area contributed by atoms with E-state index in [0.29, 0.717) is 13.1 Å². The Labute approximate surface area is 189 Å². The summed E-state index contributed by atoms with van der Waals surface area (Å²) in [5, 5.41) is 2.79. The minimum Gasteiger partial charge on any atom is -0.352 e. The molecule has 0 saturated carbocycles. The van der Waals surface area contributed by atoms with E-state index in [1.54, 1.807) is 6.20 Å². The summed E-state index contributed by atoms with van der Waals surface area (Å²) in [5.74, 6) is 0.0317. The quantitative estimate of drug-likeness (QED) is 0.635. The van der Waals surface area contributed by atoms with Gasteiger partial charge in [0, 0.05) is 26.2 Å². The number of hydrogen-bond acceptors (Lipinski definition) is 3. The molecule has 1 saturated heterocycles. The minimum atomic E-state index is -0.781. The highest BCUT2D eigenvalue weighted by atomic mass is 16.2. The van der Waals surface area contributed by atoms with Crippen LogP contribution in [0.25, 0.3) is 0 Å². The van der Waals surface area contributed by atoms with E-state index in [4.69, 9.17) is 0 Å². The standard InChI is InChI=1S/C27H29N3O2/c1-20(31)28-18-21-15-16-24(29-19-21)25-14-9-17-30(25)26(32)27(2,22-10-5-3-6-11-22)23-12-7-4-8-13-23/h3-8,10-13,15-16,19,25H,9,14,17-18H2,1-2H3,(H,28,31)/t25-/m1/s1. The Hall–Kier alpha value is -3.47. The fourth-order valence-electron chi connectivity index (χ4n) is 4.53. The molecule has 2 amide bonds. The molecule has 1 fully saturated rings. The summed E-state index contributed by atoms with van der Waals surface area (Å²) in [6.45, 7) is 4.70. The van der Waals surface area contributed by atoms with Crippen molar-refractivity contribution in [2.75, 3.05) is 6.54 Å². The topological polar surface area (TPSA) is 62.3 Å². The average Bonchev–Trinajstić information content (AvgIpc) is 3.33. The summed E-state index contributed by atoms with van der Waals surface area (Å²) in [6.07, 6.45) is 3.63. The van der Waals surface area contributed by atoms with E-state index in [1.807, 2.05) is 84.6 Å². The second-order valence-corrected chi connectivity index (χ2v) is 8.51. The molecule has 2 aromatic carbocycles. The fourth-order valence-corrected chi connectivity index (χ4v) is 4.53. The summed E-state index contributed by atoms with van der Waals surface area (Å²) in [5.41, 5.74) is 3.03. The maximum Gasteiger partial charge on any atom is 0.237 e. The van der Waals surface area contributed by atoms with Crippen LogP contribution in [0.2, 0.25) is 0 Å². The predicted octanol–water partition coefficient (Wildman–Crippen LogP) is 4.39. The highest BCUT2D eigenvalue weighted by molar-refractivity contribution is 5.92. The average molecular weight is 428 g/mol. The zero-order valence-corrected chi connectivity index (χ0v) is 18.6. The molecule has 1 aliphatic rings. The molecule has 1 aliphatic heterocycles. The number of amides is 2. The van der Waals surface area contributed by atoms with Crippen molar-refractivity contribution >= 4 is 11.8 Å². The molecule has 5 nitrogen and oxygen atoms in total. The Bertz CT molecular complexity index is 1030. The van der Waals surface area contributed by atoms with Gasteiger partial charge in [0.1, 0.15) is 0 Å². The number of rotatable bonds is 6. The number of nitrogens with one attached hydrogen (secondary N) is 1. The molecule has 32 heavy (non-hydrogen) atoms. The summed E-state index contributed by atoms with van der Waals surface area (Å²) in [6, 6.07) is 23.9. The van der Waals surface area contributed by atoms with E-state index in [9.17, 15) is 9.59 Å². The van der Waals surface area contributed by atoms with Crippen LogP contribution >= 0.6 is 0 Å². The molecule has 1 N–H and O–H groups in total. The minimum absolute atomic E-state index is 0.0518. The fraction of sp³-hybridized carbons (Fsp3) is 0.296. The summed E-state index contributed by atoms with van der Waals surface area (Å²) < 4.78 is 0. The van der Waals surface area contributed by atoms with Crippen molar-refractivity contribution in [2.24, 2.45) is 0 Å². The number of carbonyl (C=O) groups excluding carboxylic acids is 2. The van der Waals surface area contributed by atoms with Crippen molar-refractivity contribution in [1.82, 2.24) is 15.2 Å². The molecule has 164 valence electrons. The van der Waals surface area contributed by atoms with Gasteiger partial charge in [-0.15, -0.1) is 0 Å². The molecule has 3 aromatic rings. The molecular weight excluding hydrogens is 398 g/mol. The lowest BCUT2D eigenvalue weighted by Crippen LogP contribution is -2.45.